The standard InChI is InChI=1S/C13H21NO3/c1-15-8-3-9-17-13(10-14)11-4-6-12(16-2)7-5-11/h4-7,13H,3,8-10,14H2,1-2H3. The zero-order valence-corrected chi connectivity index (χ0v) is 10.5. The summed E-state index contributed by atoms with van der Waals surface area (Å²) in [7, 11) is 3.33. The highest BCUT2D eigenvalue weighted by atomic mass is 16.5. The van der Waals surface area contributed by atoms with E-state index in [9.17, 15) is 0 Å². The molecule has 0 aromatic heterocycles. The Labute approximate surface area is 103 Å². The first kappa shape index (κ1) is 14.0. The van der Waals surface area contributed by atoms with Gasteiger partial charge in [-0.05, 0) is 24.1 Å². The molecular formula is C13H21NO3. The molecular weight excluding hydrogens is 218 g/mol. The number of nitrogens with two attached hydrogens (primary N) is 1. The van der Waals surface area contributed by atoms with E-state index in [4.69, 9.17) is 19.9 Å². The second-order valence-corrected chi connectivity index (χ2v) is 3.71. The summed E-state index contributed by atoms with van der Waals surface area (Å²) in [6, 6.07) is 7.78. The topological polar surface area (TPSA) is 53.7 Å². The predicted octanol–water partition coefficient (Wildman–Crippen LogP) is 1.75. The van der Waals surface area contributed by atoms with Crippen LogP contribution in [0, 0.1) is 0 Å². The Morgan fingerprint density at radius 3 is 2.35 bits per heavy atom. The van der Waals surface area contributed by atoms with E-state index in [1.807, 2.05) is 24.3 Å². The Balaban J connectivity index is 2.47. The van der Waals surface area contributed by atoms with Gasteiger partial charge in [-0.3, -0.25) is 0 Å². The number of hydrogen-bond donors (Lipinski definition) is 1. The maximum Gasteiger partial charge on any atom is 0.118 e. The van der Waals surface area contributed by atoms with Crippen molar-refractivity contribution < 1.29 is 14.2 Å². The van der Waals surface area contributed by atoms with Gasteiger partial charge in [0, 0.05) is 26.9 Å². The van der Waals surface area contributed by atoms with Crippen LogP contribution in [0.15, 0.2) is 24.3 Å². The van der Waals surface area contributed by atoms with E-state index >= 15 is 0 Å². The molecule has 2 N–H and O–H groups in total. The molecule has 1 rings (SSSR count). The highest BCUT2D eigenvalue weighted by molar-refractivity contribution is 5.28. The van der Waals surface area contributed by atoms with Gasteiger partial charge < -0.3 is 19.9 Å². The maximum atomic E-state index is 5.71. The van der Waals surface area contributed by atoms with Gasteiger partial charge in [0.25, 0.3) is 0 Å². The molecule has 4 nitrogen and oxygen atoms in total. The third-order valence-corrected chi connectivity index (χ3v) is 2.51. The smallest absolute Gasteiger partial charge is 0.118 e. The Kier molecular flexibility index (Phi) is 6.62. The molecule has 0 saturated carbocycles. The van der Waals surface area contributed by atoms with E-state index in [1.165, 1.54) is 0 Å². The fraction of sp³-hybridized carbons (Fsp3) is 0.538. The molecule has 0 amide bonds. The molecule has 0 aliphatic carbocycles. The molecule has 0 bridgehead atoms. The molecule has 1 aromatic rings. The molecule has 4 heteroatoms. The summed E-state index contributed by atoms with van der Waals surface area (Å²) in [5.41, 5.74) is 6.78. The Morgan fingerprint density at radius 2 is 1.82 bits per heavy atom. The summed E-state index contributed by atoms with van der Waals surface area (Å²) in [6.07, 6.45) is 0.821. The molecule has 0 spiro atoms. The van der Waals surface area contributed by atoms with Crippen LogP contribution in [0.5, 0.6) is 5.75 Å². The second-order valence-electron chi connectivity index (χ2n) is 3.71. The number of benzene rings is 1. The van der Waals surface area contributed by atoms with Gasteiger partial charge in [0.1, 0.15) is 5.75 Å². The monoisotopic (exact) mass is 239 g/mol. The fourth-order valence-corrected chi connectivity index (χ4v) is 1.55. The fourth-order valence-electron chi connectivity index (χ4n) is 1.55. The van der Waals surface area contributed by atoms with Crippen LogP contribution in [0.1, 0.15) is 18.1 Å². The molecule has 0 fully saturated rings. The van der Waals surface area contributed by atoms with E-state index < -0.39 is 0 Å². The second kappa shape index (κ2) is 8.06. The van der Waals surface area contributed by atoms with Crippen LogP contribution in [-0.4, -0.2) is 34.0 Å². The average molecular weight is 239 g/mol. The van der Waals surface area contributed by atoms with Gasteiger partial charge in [0.05, 0.1) is 13.2 Å². The molecule has 0 heterocycles. The summed E-state index contributed by atoms with van der Waals surface area (Å²) in [4.78, 5) is 0. The van der Waals surface area contributed by atoms with Crippen molar-refractivity contribution in [1.29, 1.82) is 0 Å². The van der Waals surface area contributed by atoms with Gasteiger partial charge in [-0.2, -0.15) is 0 Å². The van der Waals surface area contributed by atoms with Crippen LogP contribution < -0.4 is 10.5 Å². The van der Waals surface area contributed by atoms with Crippen molar-refractivity contribution in [3.8, 4) is 5.75 Å². The summed E-state index contributed by atoms with van der Waals surface area (Å²) in [5, 5.41) is 0. The van der Waals surface area contributed by atoms with Gasteiger partial charge in [-0.25, -0.2) is 0 Å². The third kappa shape index (κ3) is 4.73. The lowest BCUT2D eigenvalue weighted by molar-refractivity contribution is 0.0439. The van der Waals surface area contributed by atoms with E-state index in [-0.39, 0.29) is 6.10 Å². The average Bonchev–Trinajstić information content (AvgIpc) is 2.39. The lowest BCUT2D eigenvalue weighted by Crippen LogP contribution is -2.17. The molecule has 96 valence electrons. The van der Waals surface area contributed by atoms with Crippen LogP contribution in [0.2, 0.25) is 0 Å². The maximum absolute atomic E-state index is 5.71. The lowest BCUT2D eigenvalue weighted by atomic mass is 10.1. The van der Waals surface area contributed by atoms with Crippen LogP contribution in [0.3, 0.4) is 0 Å². The van der Waals surface area contributed by atoms with Crippen molar-refractivity contribution >= 4 is 0 Å². The summed E-state index contributed by atoms with van der Waals surface area (Å²) >= 11 is 0. The van der Waals surface area contributed by atoms with Crippen molar-refractivity contribution in [3.63, 3.8) is 0 Å². The minimum absolute atomic E-state index is 0.0576. The lowest BCUT2D eigenvalue weighted by Gasteiger charge is -2.16. The van der Waals surface area contributed by atoms with Crippen LogP contribution in [0.4, 0.5) is 0 Å². The molecule has 1 unspecified atom stereocenters. The first-order valence-corrected chi connectivity index (χ1v) is 5.76. The first-order valence-electron chi connectivity index (χ1n) is 5.76. The van der Waals surface area contributed by atoms with E-state index in [0.717, 1.165) is 17.7 Å². The van der Waals surface area contributed by atoms with Crippen molar-refractivity contribution in [3.05, 3.63) is 29.8 Å². The molecule has 17 heavy (non-hydrogen) atoms. The number of ether oxygens (including phenoxy) is 3. The molecule has 0 saturated heterocycles. The summed E-state index contributed by atoms with van der Waals surface area (Å²) in [5.74, 6) is 0.837. The number of hydrogen-bond acceptors (Lipinski definition) is 4. The molecule has 1 aromatic carbocycles. The summed E-state index contributed by atoms with van der Waals surface area (Å²) < 4.78 is 15.8. The minimum Gasteiger partial charge on any atom is -0.497 e. The molecule has 0 aliphatic rings. The van der Waals surface area contributed by atoms with E-state index in [0.29, 0.717) is 19.8 Å². The Bertz CT molecular complexity index is 300. The number of methoxy groups -OCH3 is 2. The third-order valence-electron chi connectivity index (χ3n) is 2.51. The highest BCUT2D eigenvalue weighted by Gasteiger charge is 2.09. The van der Waals surface area contributed by atoms with E-state index in [1.54, 1.807) is 14.2 Å². The summed E-state index contributed by atoms with van der Waals surface area (Å²) in [6.45, 7) is 1.83. The van der Waals surface area contributed by atoms with Gasteiger partial charge in [-0.1, -0.05) is 12.1 Å². The van der Waals surface area contributed by atoms with E-state index in [2.05, 4.69) is 0 Å². The van der Waals surface area contributed by atoms with Crippen LogP contribution in [-0.2, 0) is 9.47 Å². The largest absolute Gasteiger partial charge is 0.497 e. The Hall–Kier alpha value is -1.10. The van der Waals surface area contributed by atoms with Crippen LogP contribution in [0.25, 0.3) is 0 Å². The quantitative estimate of drug-likeness (QED) is 0.702. The van der Waals surface area contributed by atoms with Gasteiger partial charge in [-0.15, -0.1) is 0 Å². The minimum atomic E-state index is -0.0576. The normalized spacial score (nSPS) is 12.4. The van der Waals surface area contributed by atoms with Crippen molar-refractivity contribution in [1.82, 2.24) is 0 Å². The Morgan fingerprint density at radius 1 is 1.12 bits per heavy atom. The van der Waals surface area contributed by atoms with Gasteiger partial charge in [0.2, 0.25) is 0 Å². The van der Waals surface area contributed by atoms with Gasteiger partial charge in [0.15, 0.2) is 0 Å². The highest BCUT2D eigenvalue weighted by Crippen LogP contribution is 2.19. The SMILES string of the molecule is COCCCOC(CN)c1ccc(OC)cc1. The molecule has 0 radical (unpaired) electrons. The van der Waals surface area contributed by atoms with Crippen LogP contribution >= 0.6 is 0 Å². The van der Waals surface area contributed by atoms with Crippen molar-refractivity contribution in [2.45, 2.75) is 12.5 Å². The zero-order chi connectivity index (χ0) is 12.5. The zero-order valence-electron chi connectivity index (χ0n) is 10.5. The molecule has 1 atom stereocenters. The van der Waals surface area contributed by atoms with Crippen molar-refractivity contribution in [2.24, 2.45) is 5.73 Å². The first-order chi connectivity index (χ1) is 8.31. The molecule has 0 aliphatic heterocycles. The van der Waals surface area contributed by atoms with Crippen molar-refractivity contribution in [2.75, 3.05) is 34.0 Å². The number of rotatable bonds is 8. The van der Waals surface area contributed by atoms with Gasteiger partial charge >= 0.3 is 0 Å². The predicted molar refractivity (Wildman–Crippen MR) is 67.2 cm³/mol.